The van der Waals surface area contributed by atoms with Gasteiger partial charge in [-0.05, 0) is 42.2 Å². The quantitative estimate of drug-likeness (QED) is 0.782. The molecule has 4 nitrogen and oxygen atoms in total. The van der Waals surface area contributed by atoms with E-state index in [0.717, 1.165) is 32.1 Å². The molecule has 1 unspecified atom stereocenters. The third-order valence-corrected chi connectivity index (χ3v) is 6.46. The van der Waals surface area contributed by atoms with E-state index >= 15 is 0 Å². The van der Waals surface area contributed by atoms with Gasteiger partial charge in [0.1, 0.15) is 0 Å². The maximum Gasteiger partial charge on any atom is 0.236 e. The van der Waals surface area contributed by atoms with E-state index in [2.05, 4.69) is 60.9 Å². The number of benzene rings is 1. The minimum atomic E-state index is 0.189. The van der Waals surface area contributed by atoms with E-state index < -0.39 is 0 Å². The van der Waals surface area contributed by atoms with Gasteiger partial charge in [-0.15, -0.1) is 0 Å². The van der Waals surface area contributed by atoms with Crippen molar-refractivity contribution < 1.29 is 4.79 Å². The van der Waals surface area contributed by atoms with Crippen LogP contribution in [0.15, 0.2) is 30.3 Å². The fourth-order valence-corrected chi connectivity index (χ4v) is 4.37. The summed E-state index contributed by atoms with van der Waals surface area (Å²) in [5.74, 6) is 0.968. The van der Waals surface area contributed by atoms with Gasteiger partial charge in [0.15, 0.2) is 0 Å². The first-order valence-corrected chi connectivity index (χ1v) is 10.7. The Bertz CT molecular complexity index is 709. The van der Waals surface area contributed by atoms with Crippen LogP contribution >= 0.6 is 0 Å². The number of para-hydroxylation sites is 1. The van der Waals surface area contributed by atoms with E-state index in [4.69, 9.17) is 0 Å². The maximum absolute atomic E-state index is 12.0. The predicted octanol–water partition coefficient (Wildman–Crippen LogP) is 4.13. The zero-order chi connectivity index (χ0) is 20.3. The van der Waals surface area contributed by atoms with Gasteiger partial charge in [-0.1, -0.05) is 45.0 Å². The van der Waals surface area contributed by atoms with E-state index in [9.17, 15) is 4.79 Å². The first kappa shape index (κ1) is 20.9. The van der Waals surface area contributed by atoms with Gasteiger partial charge < -0.3 is 9.80 Å². The highest BCUT2D eigenvalue weighted by Crippen LogP contribution is 2.41. The summed E-state index contributed by atoms with van der Waals surface area (Å²) >= 11 is 0. The molecule has 1 fully saturated rings. The third kappa shape index (κ3) is 4.96. The number of allylic oxidation sites excluding steroid dienone is 2. The molecule has 1 aromatic rings. The topological polar surface area (TPSA) is 26.8 Å². The lowest BCUT2D eigenvalue weighted by Gasteiger charge is -2.38. The smallest absolute Gasteiger partial charge is 0.236 e. The SMILES string of the molecule is CN(C)C(=O)CN1CCN(c2ccccc2C2=CCC(C(C)(C)C)CC2)CC1. The molecule has 154 valence electrons. The van der Waals surface area contributed by atoms with Gasteiger partial charge in [-0.3, -0.25) is 9.69 Å². The fraction of sp³-hybridized carbons (Fsp3) is 0.625. The maximum atomic E-state index is 12.0. The van der Waals surface area contributed by atoms with Crippen LogP contribution < -0.4 is 4.90 Å². The number of amides is 1. The van der Waals surface area contributed by atoms with Gasteiger partial charge in [0.25, 0.3) is 0 Å². The van der Waals surface area contributed by atoms with Crippen molar-refractivity contribution in [2.24, 2.45) is 11.3 Å². The molecule has 1 atom stereocenters. The Kier molecular flexibility index (Phi) is 6.49. The van der Waals surface area contributed by atoms with Crippen LogP contribution in [0, 0.1) is 11.3 Å². The van der Waals surface area contributed by atoms with Crippen LogP contribution in [0.25, 0.3) is 5.57 Å². The second kappa shape index (κ2) is 8.69. The Balaban J connectivity index is 1.67. The van der Waals surface area contributed by atoms with E-state index in [1.165, 1.54) is 36.1 Å². The van der Waals surface area contributed by atoms with E-state index in [1.54, 1.807) is 4.90 Å². The Morgan fingerprint density at radius 2 is 1.79 bits per heavy atom. The third-order valence-electron chi connectivity index (χ3n) is 6.46. The second-order valence-corrected chi connectivity index (χ2v) is 9.64. The Labute approximate surface area is 171 Å². The van der Waals surface area contributed by atoms with Crippen molar-refractivity contribution in [1.82, 2.24) is 9.80 Å². The molecule has 2 aliphatic rings. The highest BCUT2D eigenvalue weighted by Gasteiger charge is 2.28. The van der Waals surface area contributed by atoms with Crippen LogP contribution in [0.1, 0.15) is 45.6 Å². The molecule has 0 saturated carbocycles. The number of piperazine rings is 1. The summed E-state index contributed by atoms with van der Waals surface area (Å²) in [5, 5.41) is 0. The summed E-state index contributed by atoms with van der Waals surface area (Å²) < 4.78 is 0. The van der Waals surface area contributed by atoms with Crippen LogP contribution in [0.4, 0.5) is 5.69 Å². The molecular formula is C24H37N3O. The number of carbonyl (C=O) groups excluding carboxylic acids is 1. The lowest BCUT2D eigenvalue weighted by Crippen LogP contribution is -2.49. The van der Waals surface area contributed by atoms with E-state index in [0.29, 0.717) is 12.0 Å². The zero-order valence-corrected chi connectivity index (χ0v) is 18.4. The van der Waals surface area contributed by atoms with Gasteiger partial charge in [-0.2, -0.15) is 0 Å². The molecule has 3 rings (SSSR count). The van der Waals surface area contributed by atoms with Crippen molar-refractivity contribution in [2.45, 2.75) is 40.0 Å². The van der Waals surface area contributed by atoms with Crippen LogP contribution in [0.2, 0.25) is 0 Å². The summed E-state index contributed by atoms with van der Waals surface area (Å²) in [6, 6.07) is 8.89. The minimum absolute atomic E-state index is 0.189. The number of nitrogens with zero attached hydrogens (tertiary/aromatic N) is 3. The largest absolute Gasteiger partial charge is 0.368 e. The number of hydrogen-bond acceptors (Lipinski definition) is 3. The molecule has 1 aliphatic heterocycles. The van der Waals surface area contributed by atoms with Crippen LogP contribution in [-0.2, 0) is 4.79 Å². The van der Waals surface area contributed by atoms with Gasteiger partial charge in [-0.25, -0.2) is 0 Å². The molecule has 1 amide bonds. The Morgan fingerprint density at radius 3 is 2.36 bits per heavy atom. The molecular weight excluding hydrogens is 346 g/mol. The highest BCUT2D eigenvalue weighted by molar-refractivity contribution is 5.78. The fourth-order valence-electron chi connectivity index (χ4n) is 4.37. The normalized spacial score (nSPS) is 21.4. The van der Waals surface area contributed by atoms with E-state index in [1.807, 2.05) is 14.1 Å². The number of hydrogen-bond donors (Lipinski definition) is 0. The Morgan fingerprint density at radius 1 is 1.11 bits per heavy atom. The summed E-state index contributed by atoms with van der Waals surface area (Å²) in [4.78, 5) is 18.4. The van der Waals surface area contributed by atoms with Crippen LogP contribution in [0.5, 0.6) is 0 Å². The number of carbonyl (C=O) groups is 1. The second-order valence-electron chi connectivity index (χ2n) is 9.64. The summed E-state index contributed by atoms with van der Waals surface area (Å²) in [6.07, 6.45) is 6.14. The van der Waals surface area contributed by atoms with Gasteiger partial charge in [0.05, 0.1) is 6.54 Å². The van der Waals surface area contributed by atoms with Crippen molar-refractivity contribution in [2.75, 3.05) is 51.7 Å². The lowest BCUT2D eigenvalue weighted by molar-refractivity contribution is -0.129. The molecule has 0 bridgehead atoms. The Hall–Kier alpha value is -1.81. The summed E-state index contributed by atoms with van der Waals surface area (Å²) in [6.45, 7) is 11.5. The molecule has 0 spiro atoms. The predicted molar refractivity (Wildman–Crippen MR) is 119 cm³/mol. The highest BCUT2D eigenvalue weighted by atomic mass is 16.2. The van der Waals surface area contributed by atoms with Crippen molar-refractivity contribution >= 4 is 17.2 Å². The molecule has 1 saturated heterocycles. The number of anilines is 1. The van der Waals surface area contributed by atoms with E-state index in [-0.39, 0.29) is 5.91 Å². The summed E-state index contributed by atoms with van der Waals surface area (Å²) in [5.41, 5.74) is 4.68. The van der Waals surface area contributed by atoms with Crippen molar-refractivity contribution in [3.63, 3.8) is 0 Å². The molecule has 0 N–H and O–H groups in total. The zero-order valence-electron chi connectivity index (χ0n) is 18.4. The van der Waals surface area contributed by atoms with Gasteiger partial charge >= 0.3 is 0 Å². The first-order valence-electron chi connectivity index (χ1n) is 10.7. The molecule has 1 aliphatic carbocycles. The average Bonchev–Trinajstić information content (AvgIpc) is 2.68. The average molecular weight is 384 g/mol. The lowest BCUT2D eigenvalue weighted by atomic mass is 9.72. The summed E-state index contributed by atoms with van der Waals surface area (Å²) in [7, 11) is 3.66. The van der Waals surface area contributed by atoms with Crippen LogP contribution in [-0.4, -0.2) is 62.5 Å². The van der Waals surface area contributed by atoms with Crippen LogP contribution in [0.3, 0.4) is 0 Å². The minimum Gasteiger partial charge on any atom is -0.368 e. The molecule has 0 radical (unpaired) electrons. The van der Waals surface area contributed by atoms with Crippen molar-refractivity contribution in [3.8, 4) is 0 Å². The van der Waals surface area contributed by atoms with Gasteiger partial charge in [0, 0.05) is 51.5 Å². The van der Waals surface area contributed by atoms with Gasteiger partial charge in [0.2, 0.25) is 5.91 Å². The van der Waals surface area contributed by atoms with Crippen molar-refractivity contribution in [3.05, 3.63) is 35.9 Å². The molecule has 4 heteroatoms. The van der Waals surface area contributed by atoms with Crippen molar-refractivity contribution in [1.29, 1.82) is 0 Å². The molecule has 0 aromatic heterocycles. The monoisotopic (exact) mass is 383 g/mol. The standard InChI is InChI=1S/C24H37N3O/c1-24(2,3)20-12-10-19(11-13-20)21-8-6-7-9-22(21)27-16-14-26(15-17-27)18-23(28)25(4)5/h6-10,20H,11-18H2,1-5H3. The molecule has 28 heavy (non-hydrogen) atoms. The number of likely N-dealkylation sites (N-methyl/N-ethyl adjacent to an activating group) is 1. The molecule has 1 heterocycles. The first-order chi connectivity index (χ1) is 13.3. The molecule has 1 aromatic carbocycles. The number of rotatable bonds is 4.